The van der Waals surface area contributed by atoms with Crippen LogP contribution in [0.3, 0.4) is 0 Å². The van der Waals surface area contributed by atoms with Crippen molar-refractivity contribution in [1.82, 2.24) is 9.97 Å². The van der Waals surface area contributed by atoms with E-state index in [1.165, 1.54) is 12.3 Å². The molecule has 0 spiro atoms. The molecule has 0 saturated heterocycles. The van der Waals surface area contributed by atoms with Gasteiger partial charge in [-0.3, -0.25) is 0 Å². The Bertz CT molecular complexity index is 672. The van der Waals surface area contributed by atoms with Gasteiger partial charge in [-0.05, 0) is 24.1 Å². The Kier molecular flexibility index (Phi) is 3.74. The van der Waals surface area contributed by atoms with E-state index in [0.29, 0.717) is 11.3 Å². The second-order valence-corrected chi connectivity index (χ2v) is 4.58. The van der Waals surface area contributed by atoms with Crippen LogP contribution in [-0.2, 0) is 0 Å². The van der Waals surface area contributed by atoms with E-state index in [4.69, 9.17) is 5.11 Å². The molecule has 0 bridgehead atoms. The van der Waals surface area contributed by atoms with E-state index in [0.717, 1.165) is 12.1 Å². The topological polar surface area (TPSA) is 63.1 Å². The third-order valence-electron chi connectivity index (χ3n) is 2.77. The van der Waals surface area contributed by atoms with Gasteiger partial charge in [0.2, 0.25) is 0 Å². The fourth-order valence-electron chi connectivity index (χ4n) is 1.77. The van der Waals surface area contributed by atoms with E-state index in [9.17, 15) is 13.6 Å². The Labute approximate surface area is 114 Å². The maximum absolute atomic E-state index is 13.2. The molecule has 0 unspecified atom stereocenters. The number of aromatic nitrogens is 2. The average molecular weight is 278 g/mol. The number of rotatable bonds is 3. The van der Waals surface area contributed by atoms with Crippen LogP contribution in [0.25, 0.3) is 11.4 Å². The van der Waals surface area contributed by atoms with Crippen LogP contribution in [0.1, 0.15) is 35.8 Å². The highest BCUT2D eigenvalue weighted by Gasteiger charge is 2.17. The molecule has 104 valence electrons. The van der Waals surface area contributed by atoms with Gasteiger partial charge >= 0.3 is 5.97 Å². The van der Waals surface area contributed by atoms with Crippen LogP contribution in [0.5, 0.6) is 0 Å². The zero-order chi connectivity index (χ0) is 14.9. The van der Waals surface area contributed by atoms with Gasteiger partial charge in [0.1, 0.15) is 0 Å². The SMILES string of the molecule is CC(C)c1nc(-c2ccc(F)c(F)c2)ncc1C(=O)O. The lowest BCUT2D eigenvalue weighted by atomic mass is 10.0. The molecule has 0 amide bonds. The van der Waals surface area contributed by atoms with Gasteiger partial charge in [-0.1, -0.05) is 13.8 Å². The molecule has 2 aromatic rings. The number of benzene rings is 1. The molecule has 2 rings (SSSR count). The maximum atomic E-state index is 13.2. The van der Waals surface area contributed by atoms with Gasteiger partial charge in [-0.2, -0.15) is 0 Å². The molecule has 0 atom stereocenters. The number of halogens is 2. The van der Waals surface area contributed by atoms with Crippen molar-refractivity contribution in [3.05, 3.63) is 47.3 Å². The molecular formula is C14H12F2N2O2. The van der Waals surface area contributed by atoms with Crippen LogP contribution in [0, 0.1) is 11.6 Å². The van der Waals surface area contributed by atoms with Crippen LogP contribution in [-0.4, -0.2) is 21.0 Å². The predicted octanol–water partition coefficient (Wildman–Crippen LogP) is 3.24. The Balaban J connectivity index is 2.55. The fraction of sp³-hybridized carbons (Fsp3) is 0.214. The van der Waals surface area contributed by atoms with E-state index < -0.39 is 17.6 Å². The molecule has 0 saturated carbocycles. The molecule has 1 N–H and O–H groups in total. The van der Waals surface area contributed by atoms with Crippen molar-refractivity contribution in [2.45, 2.75) is 19.8 Å². The standard InChI is InChI=1S/C14H12F2N2O2/c1-7(2)12-9(14(19)20)6-17-13(18-12)8-3-4-10(15)11(16)5-8/h3-7H,1-2H3,(H,19,20). The Morgan fingerprint density at radius 1 is 1.25 bits per heavy atom. The second kappa shape index (κ2) is 5.32. The molecule has 0 radical (unpaired) electrons. The molecule has 1 aromatic heterocycles. The minimum Gasteiger partial charge on any atom is -0.478 e. The molecule has 0 aliphatic rings. The van der Waals surface area contributed by atoms with Crippen molar-refractivity contribution in [3.63, 3.8) is 0 Å². The first kappa shape index (κ1) is 14.0. The summed E-state index contributed by atoms with van der Waals surface area (Å²) in [6.45, 7) is 3.59. The highest BCUT2D eigenvalue weighted by Crippen LogP contribution is 2.22. The highest BCUT2D eigenvalue weighted by molar-refractivity contribution is 5.88. The van der Waals surface area contributed by atoms with Gasteiger partial charge in [0.15, 0.2) is 17.5 Å². The third kappa shape index (κ3) is 2.64. The summed E-state index contributed by atoms with van der Waals surface area (Å²) in [6, 6.07) is 3.31. The lowest BCUT2D eigenvalue weighted by molar-refractivity contribution is 0.0694. The van der Waals surface area contributed by atoms with Crippen LogP contribution < -0.4 is 0 Å². The Hall–Kier alpha value is -2.37. The highest BCUT2D eigenvalue weighted by atomic mass is 19.2. The molecular weight excluding hydrogens is 266 g/mol. The lowest BCUT2D eigenvalue weighted by Gasteiger charge is -2.10. The number of nitrogens with zero attached hydrogens (tertiary/aromatic N) is 2. The zero-order valence-corrected chi connectivity index (χ0v) is 10.9. The first-order valence-corrected chi connectivity index (χ1v) is 5.95. The lowest BCUT2D eigenvalue weighted by Crippen LogP contribution is -2.09. The van der Waals surface area contributed by atoms with Crippen molar-refractivity contribution in [2.75, 3.05) is 0 Å². The fourth-order valence-corrected chi connectivity index (χ4v) is 1.77. The van der Waals surface area contributed by atoms with Crippen LogP contribution >= 0.6 is 0 Å². The molecule has 6 heteroatoms. The monoisotopic (exact) mass is 278 g/mol. The first-order valence-electron chi connectivity index (χ1n) is 5.95. The van der Waals surface area contributed by atoms with Gasteiger partial charge in [-0.15, -0.1) is 0 Å². The predicted molar refractivity (Wildman–Crippen MR) is 68.4 cm³/mol. The minimum atomic E-state index is -1.12. The molecule has 20 heavy (non-hydrogen) atoms. The summed E-state index contributed by atoms with van der Waals surface area (Å²) >= 11 is 0. The summed E-state index contributed by atoms with van der Waals surface area (Å²) in [4.78, 5) is 19.1. The summed E-state index contributed by atoms with van der Waals surface area (Å²) in [7, 11) is 0. The van der Waals surface area contributed by atoms with E-state index in [1.807, 2.05) is 0 Å². The number of aromatic carboxylic acids is 1. The number of hydrogen-bond donors (Lipinski definition) is 1. The largest absolute Gasteiger partial charge is 0.478 e. The van der Waals surface area contributed by atoms with E-state index in [2.05, 4.69) is 9.97 Å². The number of carboxylic acid groups (broad SMARTS) is 1. The van der Waals surface area contributed by atoms with E-state index in [-0.39, 0.29) is 17.3 Å². The van der Waals surface area contributed by atoms with Crippen LogP contribution in [0.4, 0.5) is 8.78 Å². The summed E-state index contributed by atoms with van der Waals surface area (Å²) in [6.07, 6.45) is 1.18. The van der Waals surface area contributed by atoms with Gasteiger partial charge in [-0.25, -0.2) is 23.5 Å². The van der Waals surface area contributed by atoms with Gasteiger partial charge in [0.25, 0.3) is 0 Å². The van der Waals surface area contributed by atoms with E-state index >= 15 is 0 Å². The summed E-state index contributed by atoms with van der Waals surface area (Å²) in [5.74, 6) is -3.05. The quantitative estimate of drug-likeness (QED) is 0.936. The second-order valence-electron chi connectivity index (χ2n) is 4.58. The molecule has 0 aliphatic heterocycles. The number of hydrogen-bond acceptors (Lipinski definition) is 3. The van der Waals surface area contributed by atoms with Crippen molar-refractivity contribution < 1.29 is 18.7 Å². The molecule has 1 heterocycles. The van der Waals surface area contributed by atoms with Gasteiger partial charge < -0.3 is 5.11 Å². The van der Waals surface area contributed by atoms with E-state index in [1.54, 1.807) is 13.8 Å². The van der Waals surface area contributed by atoms with Crippen molar-refractivity contribution >= 4 is 5.97 Å². The Morgan fingerprint density at radius 2 is 1.95 bits per heavy atom. The van der Waals surface area contributed by atoms with Gasteiger partial charge in [0, 0.05) is 11.8 Å². The zero-order valence-electron chi connectivity index (χ0n) is 10.9. The third-order valence-corrected chi connectivity index (χ3v) is 2.77. The molecule has 4 nitrogen and oxygen atoms in total. The number of carboxylic acids is 1. The summed E-state index contributed by atoms with van der Waals surface area (Å²) < 4.78 is 26.1. The van der Waals surface area contributed by atoms with Crippen LogP contribution in [0.2, 0.25) is 0 Å². The first-order chi connectivity index (χ1) is 9.40. The number of carbonyl (C=O) groups is 1. The van der Waals surface area contributed by atoms with Crippen molar-refractivity contribution in [2.24, 2.45) is 0 Å². The smallest absolute Gasteiger partial charge is 0.339 e. The Morgan fingerprint density at radius 3 is 2.50 bits per heavy atom. The average Bonchev–Trinajstić information content (AvgIpc) is 2.41. The maximum Gasteiger partial charge on any atom is 0.339 e. The van der Waals surface area contributed by atoms with Crippen molar-refractivity contribution in [1.29, 1.82) is 0 Å². The molecule has 0 fully saturated rings. The van der Waals surface area contributed by atoms with Crippen molar-refractivity contribution in [3.8, 4) is 11.4 Å². The molecule has 1 aromatic carbocycles. The molecule has 0 aliphatic carbocycles. The normalized spacial score (nSPS) is 10.8. The summed E-state index contributed by atoms with van der Waals surface area (Å²) in [5, 5.41) is 9.07. The van der Waals surface area contributed by atoms with Gasteiger partial charge in [0.05, 0.1) is 11.3 Å². The van der Waals surface area contributed by atoms with Crippen LogP contribution in [0.15, 0.2) is 24.4 Å². The minimum absolute atomic E-state index is 0.00586. The summed E-state index contributed by atoms with van der Waals surface area (Å²) in [5.41, 5.74) is 0.654.